The van der Waals surface area contributed by atoms with E-state index < -0.39 is 0 Å². The van der Waals surface area contributed by atoms with Crippen molar-refractivity contribution >= 4 is 17.3 Å². The summed E-state index contributed by atoms with van der Waals surface area (Å²) in [4.78, 5) is 11.0. The van der Waals surface area contributed by atoms with E-state index >= 15 is 0 Å². The van der Waals surface area contributed by atoms with E-state index in [1.807, 2.05) is 0 Å². The van der Waals surface area contributed by atoms with Crippen molar-refractivity contribution in [2.24, 2.45) is 5.92 Å². The van der Waals surface area contributed by atoms with Gasteiger partial charge >= 0.3 is 0 Å². The summed E-state index contributed by atoms with van der Waals surface area (Å²) < 4.78 is 0. The van der Waals surface area contributed by atoms with Crippen LogP contribution >= 0.6 is 0 Å². The Balaban J connectivity index is 1.72. The van der Waals surface area contributed by atoms with Crippen molar-refractivity contribution in [3.8, 4) is 0 Å². The topological polar surface area (TPSA) is 67.1 Å². The van der Waals surface area contributed by atoms with E-state index in [9.17, 15) is 0 Å². The van der Waals surface area contributed by atoms with Gasteiger partial charge in [0.2, 0.25) is 0 Å². The van der Waals surface area contributed by atoms with Crippen molar-refractivity contribution in [3.63, 3.8) is 0 Å². The van der Waals surface area contributed by atoms with E-state index in [1.165, 1.54) is 24.0 Å². The highest BCUT2D eigenvalue weighted by atomic mass is 15.2. The fraction of sp³-hybridized carbons (Fsp3) is 0.444. The third kappa shape index (κ3) is 3.73. The van der Waals surface area contributed by atoms with E-state index in [0.29, 0.717) is 24.0 Å². The van der Waals surface area contributed by atoms with Gasteiger partial charge in [0.1, 0.15) is 12.0 Å². The highest BCUT2D eigenvalue weighted by Crippen LogP contribution is 2.29. The zero-order valence-corrected chi connectivity index (χ0v) is 13.9. The highest BCUT2D eigenvalue weighted by molar-refractivity contribution is 5.75. The van der Waals surface area contributed by atoms with Crippen molar-refractivity contribution in [3.05, 3.63) is 41.7 Å². The van der Waals surface area contributed by atoms with Crippen LogP contribution in [0.25, 0.3) is 0 Å². The number of hydrogen-bond donors (Lipinski definition) is 2. The van der Waals surface area contributed by atoms with Gasteiger partial charge in [-0.25, -0.2) is 9.97 Å². The molecule has 3 rings (SSSR count). The summed E-state index contributed by atoms with van der Waals surface area (Å²) in [5.41, 5.74) is 9.44. The molecule has 5 heteroatoms. The van der Waals surface area contributed by atoms with Crippen LogP contribution < -0.4 is 16.0 Å². The van der Waals surface area contributed by atoms with Crippen LogP contribution in [-0.2, 0) is 6.54 Å². The van der Waals surface area contributed by atoms with Gasteiger partial charge in [-0.1, -0.05) is 36.8 Å². The Morgan fingerprint density at radius 2 is 2.04 bits per heavy atom. The standard InChI is InChI=1S/C18H25N5/c1-13-5-7-15(8-6-13)10-20-17-16(19)18(22-12-21-17)23-9-3-4-14(2)11-23/h5-8,12,14H,3-4,9-11,19H2,1-2H3,(H,20,21,22). The number of rotatable bonds is 4. The zero-order chi connectivity index (χ0) is 16.2. The molecule has 1 aliphatic heterocycles. The maximum atomic E-state index is 6.32. The quantitative estimate of drug-likeness (QED) is 0.907. The van der Waals surface area contributed by atoms with Crippen molar-refractivity contribution in [2.75, 3.05) is 29.0 Å². The van der Waals surface area contributed by atoms with Gasteiger partial charge in [-0.05, 0) is 31.2 Å². The minimum absolute atomic E-state index is 0.647. The number of piperidine rings is 1. The first-order valence-electron chi connectivity index (χ1n) is 8.28. The van der Waals surface area contributed by atoms with Gasteiger partial charge in [0.05, 0.1) is 0 Å². The molecule has 0 amide bonds. The van der Waals surface area contributed by atoms with Crippen molar-refractivity contribution in [2.45, 2.75) is 33.2 Å². The molecular weight excluding hydrogens is 286 g/mol. The minimum Gasteiger partial charge on any atom is -0.393 e. The largest absolute Gasteiger partial charge is 0.393 e. The van der Waals surface area contributed by atoms with Crippen LogP contribution in [0.5, 0.6) is 0 Å². The molecule has 1 aromatic carbocycles. The van der Waals surface area contributed by atoms with Crippen molar-refractivity contribution in [1.82, 2.24) is 9.97 Å². The van der Waals surface area contributed by atoms with E-state index in [1.54, 1.807) is 6.33 Å². The van der Waals surface area contributed by atoms with E-state index in [0.717, 1.165) is 18.9 Å². The number of nitrogen functional groups attached to an aromatic ring is 1. The van der Waals surface area contributed by atoms with Gasteiger partial charge in [0.25, 0.3) is 0 Å². The summed E-state index contributed by atoms with van der Waals surface area (Å²) in [5, 5.41) is 3.34. The predicted octanol–water partition coefficient (Wildman–Crippen LogP) is 3.22. The van der Waals surface area contributed by atoms with Gasteiger partial charge in [-0.2, -0.15) is 0 Å². The van der Waals surface area contributed by atoms with Crippen LogP contribution in [0.1, 0.15) is 30.9 Å². The summed E-state index contributed by atoms with van der Waals surface area (Å²) in [5.74, 6) is 2.26. The molecule has 1 unspecified atom stereocenters. The number of aryl methyl sites for hydroxylation is 1. The molecule has 1 saturated heterocycles. The fourth-order valence-electron chi connectivity index (χ4n) is 3.05. The summed E-state index contributed by atoms with van der Waals surface area (Å²) in [7, 11) is 0. The van der Waals surface area contributed by atoms with Crippen LogP contribution in [0.4, 0.5) is 17.3 Å². The molecule has 2 heterocycles. The smallest absolute Gasteiger partial charge is 0.157 e. The molecule has 122 valence electrons. The monoisotopic (exact) mass is 311 g/mol. The number of aromatic nitrogens is 2. The Labute approximate surface area is 137 Å². The van der Waals surface area contributed by atoms with Crippen LogP contribution in [0, 0.1) is 12.8 Å². The molecule has 3 N–H and O–H groups in total. The lowest BCUT2D eigenvalue weighted by atomic mass is 10.0. The molecule has 0 radical (unpaired) electrons. The fourth-order valence-corrected chi connectivity index (χ4v) is 3.05. The van der Waals surface area contributed by atoms with Gasteiger partial charge in [-0.3, -0.25) is 0 Å². The number of anilines is 3. The summed E-state index contributed by atoms with van der Waals surface area (Å²) in [6, 6.07) is 8.46. The second-order valence-corrected chi connectivity index (χ2v) is 6.49. The Morgan fingerprint density at radius 1 is 1.26 bits per heavy atom. The van der Waals surface area contributed by atoms with Gasteiger partial charge in [-0.15, -0.1) is 0 Å². The van der Waals surface area contributed by atoms with Crippen LogP contribution in [0.2, 0.25) is 0 Å². The number of benzene rings is 1. The first-order valence-corrected chi connectivity index (χ1v) is 8.28. The molecule has 23 heavy (non-hydrogen) atoms. The van der Waals surface area contributed by atoms with Crippen LogP contribution in [0.15, 0.2) is 30.6 Å². The molecule has 0 aliphatic carbocycles. The van der Waals surface area contributed by atoms with Crippen LogP contribution in [0.3, 0.4) is 0 Å². The zero-order valence-electron chi connectivity index (χ0n) is 13.9. The number of nitrogens with one attached hydrogen (secondary N) is 1. The lowest BCUT2D eigenvalue weighted by molar-refractivity contribution is 0.445. The van der Waals surface area contributed by atoms with E-state index in [4.69, 9.17) is 5.73 Å². The van der Waals surface area contributed by atoms with Gasteiger partial charge < -0.3 is 16.0 Å². The second-order valence-electron chi connectivity index (χ2n) is 6.49. The molecule has 2 aromatic rings. The number of hydrogen-bond acceptors (Lipinski definition) is 5. The Morgan fingerprint density at radius 3 is 2.78 bits per heavy atom. The highest BCUT2D eigenvalue weighted by Gasteiger charge is 2.20. The molecule has 1 aromatic heterocycles. The first kappa shape index (κ1) is 15.6. The average molecular weight is 311 g/mol. The second kappa shape index (κ2) is 6.86. The molecule has 0 saturated carbocycles. The first-order chi connectivity index (χ1) is 11.1. The Bertz CT molecular complexity index is 653. The molecule has 0 bridgehead atoms. The van der Waals surface area contributed by atoms with Crippen LogP contribution in [-0.4, -0.2) is 23.1 Å². The SMILES string of the molecule is Cc1ccc(CNc2ncnc(N3CCCC(C)C3)c2N)cc1. The van der Waals surface area contributed by atoms with E-state index in [2.05, 4.69) is 58.3 Å². The summed E-state index contributed by atoms with van der Waals surface area (Å²) >= 11 is 0. The van der Waals surface area contributed by atoms with Gasteiger partial charge in [0.15, 0.2) is 11.6 Å². The Hall–Kier alpha value is -2.30. The third-order valence-electron chi connectivity index (χ3n) is 4.40. The summed E-state index contributed by atoms with van der Waals surface area (Å²) in [6.45, 7) is 7.10. The minimum atomic E-state index is 0.647. The lowest BCUT2D eigenvalue weighted by Gasteiger charge is -2.32. The Kier molecular flexibility index (Phi) is 4.65. The maximum absolute atomic E-state index is 6.32. The normalized spacial score (nSPS) is 18.0. The van der Waals surface area contributed by atoms with Gasteiger partial charge in [0, 0.05) is 19.6 Å². The third-order valence-corrected chi connectivity index (χ3v) is 4.40. The molecule has 5 nitrogen and oxygen atoms in total. The average Bonchev–Trinajstić information content (AvgIpc) is 2.55. The molecule has 1 fully saturated rings. The molecule has 1 aliphatic rings. The van der Waals surface area contributed by atoms with Crippen molar-refractivity contribution in [1.29, 1.82) is 0 Å². The lowest BCUT2D eigenvalue weighted by Crippen LogP contribution is -2.35. The predicted molar refractivity (Wildman–Crippen MR) is 95.6 cm³/mol. The maximum Gasteiger partial charge on any atom is 0.157 e. The molecular formula is C18H25N5. The summed E-state index contributed by atoms with van der Waals surface area (Å²) in [6.07, 6.45) is 4.07. The van der Waals surface area contributed by atoms with Crippen molar-refractivity contribution < 1.29 is 0 Å². The van der Waals surface area contributed by atoms with E-state index in [-0.39, 0.29) is 0 Å². The molecule has 0 spiro atoms. The number of nitrogens with two attached hydrogens (primary N) is 1. The number of nitrogens with zero attached hydrogens (tertiary/aromatic N) is 3. The molecule has 1 atom stereocenters.